The fraction of sp³-hybridized carbons (Fsp3) is 0.0667. The van der Waals surface area contributed by atoms with Gasteiger partial charge in [-0.25, -0.2) is 0 Å². The number of aromatic nitrogens is 2. The molecule has 0 radical (unpaired) electrons. The fourth-order valence-electron chi connectivity index (χ4n) is 8.25. The van der Waals surface area contributed by atoms with E-state index in [0.29, 0.717) is 0 Å². The number of benzene rings is 7. The second kappa shape index (κ2) is 9.57. The molecule has 1 aliphatic rings. The lowest BCUT2D eigenvalue weighted by molar-refractivity contribution is 0.661. The molecule has 0 spiro atoms. The van der Waals surface area contributed by atoms with Crippen LogP contribution < -0.4 is 0 Å². The van der Waals surface area contributed by atoms with Crippen molar-refractivity contribution in [1.82, 2.24) is 9.13 Å². The Kier molecular flexibility index (Phi) is 5.37. The molecule has 0 unspecified atom stereocenters. The van der Waals surface area contributed by atoms with Gasteiger partial charge in [0, 0.05) is 38.3 Å². The second-order valence-corrected chi connectivity index (χ2v) is 13.4. The Morgan fingerprint density at radius 1 is 0.362 bits per heavy atom. The van der Waals surface area contributed by atoms with Gasteiger partial charge in [-0.05, 0) is 94.0 Å². The van der Waals surface area contributed by atoms with Crippen molar-refractivity contribution in [2.45, 2.75) is 19.3 Å². The number of fused-ring (bicyclic) bond motifs is 9. The summed E-state index contributed by atoms with van der Waals surface area (Å²) in [5.74, 6) is 0. The van der Waals surface area contributed by atoms with Crippen LogP contribution in [0.1, 0.15) is 25.0 Å². The third-order valence-electron chi connectivity index (χ3n) is 10.5. The Morgan fingerprint density at radius 3 is 1.66 bits per heavy atom. The molecule has 2 heteroatoms. The Labute approximate surface area is 273 Å². The normalized spacial score (nSPS) is 13.5. The summed E-state index contributed by atoms with van der Waals surface area (Å²) in [7, 11) is 0. The molecule has 0 fully saturated rings. The van der Waals surface area contributed by atoms with Crippen LogP contribution in [0.5, 0.6) is 0 Å². The lowest BCUT2D eigenvalue weighted by Crippen LogP contribution is -2.14. The van der Waals surface area contributed by atoms with Crippen molar-refractivity contribution < 1.29 is 0 Å². The molecule has 47 heavy (non-hydrogen) atoms. The first-order valence-corrected chi connectivity index (χ1v) is 16.4. The Hall–Kier alpha value is -5.86. The molecule has 2 aromatic heterocycles. The van der Waals surface area contributed by atoms with Crippen LogP contribution in [0.25, 0.3) is 77.2 Å². The van der Waals surface area contributed by atoms with Crippen molar-refractivity contribution in [3.63, 3.8) is 0 Å². The first-order chi connectivity index (χ1) is 23.1. The highest BCUT2D eigenvalue weighted by molar-refractivity contribution is 6.12. The van der Waals surface area contributed by atoms with E-state index in [0.717, 1.165) is 0 Å². The van der Waals surface area contributed by atoms with Crippen LogP contribution in [0.3, 0.4) is 0 Å². The third kappa shape index (κ3) is 3.67. The molecular weight excluding hydrogens is 569 g/mol. The van der Waals surface area contributed by atoms with Crippen LogP contribution in [0.4, 0.5) is 0 Å². The predicted octanol–water partition coefficient (Wildman–Crippen LogP) is 11.9. The number of nitrogens with zero attached hydrogens (tertiary/aromatic N) is 2. The van der Waals surface area contributed by atoms with E-state index in [-0.39, 0.29) is 5.41 Å². The van der Waals surface area contributed by atoms with Crippen LogP contribution in [-0.4, -0.2) is 9.13 Å². The first-order valence-electron chi connectivity index (χ1n) is 16.4. The smallest absolute Gasteiger partial charge is 0.0544 e. The van der Waals surface area contributed by atoms with Crippen LogP contribution in [0.2, 0.25) is 0 Å². The van der Waals surface area contributed by atoms with Crippen molar-refractivity contribution >= 4 is 43.6 Å². The molecule has 7 aromatic carbocycles. The van der Waals surface area contributed by atoms with Gasteiger partial charge < -0.3 is 9.13 Å². The monoisotopic (exact) mass is 600 g/mol. The van der Waals surface area contributed by atoms with E-state index in [9.17, 15) is 0 Å². The van der Waals surface area contributed by atoms with Gasteiger partial charge in [-0.3, -0.25) is 0 Å². The Balaban J connectivity index is 1.12. The average Bonchev–Trinajstić information content (AvgIpc) is 3.71. The van der Waals surface area contributed by atoms with Crippen molar-refractivity contribution in [1.29, 1.82) is 0 Å². The Morgan fingerprint density at radius 2 is 0.915 bits per heavy atom. The van der Waals surface area contributed by atoms with E-state index in [1.807, 2.05) is 0 Å². The first kappa shape index (κ1) is 26.4. The molecule has 2 nitrogen and oxygen atoms in total. The molecule has 222 valence electrons. The highest BCUT2D eigenvalue weighted by atomic mass is 15.0. The maximum absolute atomic E-state index is 2.45. The van der Waals surface area contributed by atoms with Crippen molar-refractivity contribution in [3.05, 3.63) is 169 Å². The minimum Gasteiger partial charge on any atom is -0.309 e. The summed E-state index contributed by atoms with van der Waals surface area (Å²) in [6.07, 6.45) is 0. The van der Waals surface area contributed by atoms with Gasteiger partial charge >= 0.3 is 0 Å². The van der Waals surface area contributed by atoms with Crippen molar-refractivity contribution in [3.8, 4) is 33.6 Å². The van der Waals surface area contributed by atoms with Gasteiger partial charge in [-0.15, -0.1) is 0 Å². The minimum atomic E-state index is -0.0481. The molecule has 0 atom stereocenters. The summed E-state index contributed by atoms with van der Waals surface area (Å²) in [5.41, 5.74) is 15.2. The lowest BCUT2D eigenvalue weighted by atomic mass is 9.82. The van der Waals surface area contributed by atoms with Gasteiger partial charge in [0.05, 0.1) is 22.1 Å². The maximum Gasteiger partial charge on any atom is 0.0544 e. The molecular formula is C45H32N2. The van der Waals surface area contributed by atoms with Gasteiger partial charge in [0.15, 0.2) is 0 Å². The van der Waals surface area contributed by atoms with E-state index in [4.69, 9.17) is 0 Å². The summed E-state index contributed by atoms with van der Waals surface area (Å²) in [6, 6.07) is 58.0. The molecule has 2 heterocycles. The van der Waals surface area contributed by atoms with E-state index in [1.54, 1.807) is 0 Å². The zero-order valence-corrected chi connectivity index (χ0v) is 26.4. The second-order valence-electron chi connectivity index (χ2n) is 13.4. The summed E-state index contributed by atoms with van der Waals surface area (Å²) in [4.78, 5) is 0. The third-order valence-corrected chi connectivity index (χ3v) is 10.5. The van der Waals surface area contributed by atoms with Crippen molar-refractivity contribution in [2.75, 3.05) is 0 Å². The largest absolute Gasteiger partial charge is 0.309 e. The van der Waals surface area contributed by atoms with Crippen molar-refractivity contribution in [2.24, 2.45) is 0 Å². The van der Waals surface area contributed by atoms with Gasteiger partial charge in [0.25, 0.3) is 0 Å². The highest BCUT2D eigenvalue weighted by Crippen LogP contribution is 2.51. The summed E-state index contributed by atoms with van der Waals surface area (Å²) < 4.78 is 4.82. The highest BCUT2D eigenvalue weighted by Gasteiger charge is 2.36. The average molecular weight is 601 g/mol. The standard InChI is InChI=1S/C45H32N2/c1-45(2)39-17-9-6-14-33(39)36-27-38-35-16-8-11-19-42(35)47(44(38)28-40(36)45)32-23-20-29(21-24-32)30-22-25-43-37(26-30)34-15-7-10-18-41(34)46(43)31-12-4-3-5-13-31/h3-28H,1-2H3. The molecule has 0 amide bonds. The van der Waals surface area contributed by atoms with Gasteiger partial charge in [0.2, 0.25) is 0 Å². The summed E-state index contributed by atoms with van der Waals surface area (Å²) >= 11 is 0. The molecule has 0 N–H and O–H groups in total. The van der Waals surface area contributed by atoms with Gasteiger partial charge in [-0.2, -0.15) is 0 Å². The van der Waals surface area contributed by atoms with Crippen LogP contribution in [0.15, 0.2) is 158 Å². The van der Waals surface area contributed by atoms with Crippen LogP contribution >= 0.6 is 0 Å². The topological polar surface area (TPSA) is 9.86 Å². The molecule has 1 aliphatic carbocycles. The molecule has 10 rings (SSSR count). The molecule has 0 bridgehead atoms. The minimum absolute atomic E-state index is 0.0481. The van der Waals surface area contributed by atoms with Crippen LogP contribution in [-0.2, 0) is 5.41 Å². The molecule has 0 saturated carbocycles. The molecule has 0 saturated heterocycles. The fourth-order valence-corrected chi connectivity index (χ4v) is 8.25. The van der Waals surface area contributed by atoms with Gasteiger partial charge in [-0.1, -0.05) is 111 Å². The molecule has 0 aliphatic heterocycles. The zero-order chi connectivity index (χ0) is 31.3. The number of hydrogen-bond acceptors (Lipinski definition) is 0. The number of hydrogen-bond donors (Lipinski definition) is 0. The lowest BCUT2D eigenvalue weighted by Gasteiger charge is -2.21. The predicted molar refractivity (Wildman–Crippen MR) is 198 cm³/mol. The van der Waals surface area contributed by atoms with Gasteiger partial charge in [0.1, 0.15) is 0 Å². The van der Waals surface area contributed by atoms with E-state index < -0.39 is 0 Å². The number of para-hydroxylation sites is 3. The van der Waals surface area contributed by atoms with E-state index in [2.05, 4.69) is 181 Å². The van der Waals surface area contributed by atoms with E-state index >= 15 is 0 Å². The van der Waals surface area contributed by atoms with Crippen LogP contribution in [0, 0.1) is 0 Å². The van der Waals surface area contributed by atoms with E-state index in [1.165, 1.54) is 88.4 Å². The number of rotatable bonds is 3. The quantitative estimate of drug-likeness (QED) is 0.191. The Bertz CT molecular complexity index is 2680. The molecule has 9 aromatic rings. The summed E-state index contributed by atoms with van der Waals surface area (Å²) in [6.45, 7) is 4.72. The maximum atomic E-state index is 2.45. The SMILES string of the molecule is CC1(C)c2ccccc2-c2cc3c4ccccc4n(-c4ccc(-c5ccc6c(c5)c5ccccc5n6-c5ccccc5)cc4)c3cc21. The summed E-state index contributed by atoms with van der Waals surface area (Å²) in [5, 5.41) is 5.13. The zero-order valence-electron chi connectivity index (χ0n) is 26.4.